The number of likely N-dealkylation sites (tertiary alicyclic amines) is 1. The predicted octanol–water partition coefficient (Wildman–Crippen LogP) is 3.62. The fourth-order valence-corrected chi connectivity index (χ4v) is 3.11. The largest absolute Gasteiger partial charge is 0.396 e. The van der Waals surface area contributed by atoms with Crippen molar-refractivity contribution in [2.75, 3.05) is 19.7 Å². The van der Waals surface area contributed by atoms with Crippen molar-refractivity contribution in [2.24, 2.45) is 5.92 Å². The quantitative estimate of drug-likeness (QED) is 0.860. The molecule has 25 heavy (non-hydrogen) atoms. The Morgan fingerprint density at radius 1 is 1.08 bits per heavy atom. The molecule has 0 aliphatic carbocycles. The highest BCUT2D eigenvalue weighted by Crippen LogP contribution is 2.25. The van der Waals surface area contributed by atoms with Crippen LogP contribution in [0.2, 0.25) is 0 Å². The SMILES string of the molecule is O=C(c1ccc(-c2cc(F)c(F)c(F)c2)cc1)N1CCCC(CO)C1. The Kier molecular flexibility index (Phi) is 5.08. The number of rotatable bonds is 3. The molecular formula is C19H18F3NO2. The minimum absolute atomic E-state index is 0.0599. The van der Waals surface area contributed by atoms with E-state index in [9.17, 15) is 23.1 Å². The summed E-state index contributed by atoms with van der Waals surface area (Å²) < 4.78 is 39.7. The molecule has 2 aromatic rings. The maximum absolute atomic E-state index is 13.4. The Hall–Kier alpha value is -2.34. The number of carbonyl (C=O) groups is 1. The van der Waals surface area contributed by atoms with Crippen LogP contribution in [0.1, 0.15) is 23.2 Å². The van der Waals surface area contributed by atoms with Gasteiger partial charge in [-0.1, -0.05) is 12.1 Å². The Balaban J connectivity index is 1.79. The zero-order chi connectivity index (χ0) is 18.0. The molecule has 1 saturated heterocycles. The number of carbonyl (C=O) groups excluding carboxylic acids is 1. The zero-order valence-corrected chi connectivity index (χ0v) is 13.5. The van der Waals surface area contributed by atoms with Crippen molar-refractivity contribution < 1.29 is 23.1 Å². The van der Waals surface area contributed by atoms with Gasteiger partial charge < -0.3 is 10.0 Å². The number of nitrogens with zero attached hydrogens (tertiary/aromatic N) is 1. The van der Waals surface area contributed by atoms with Crippen LogP contribution in [-0.2, 0) is 0 Å². The minimum Gasteiger partial charge on any atom is -0.396 e. The van der Waals surface area contributed by atoms with Gasteiger partial charge in [-0.2, -0.15) is 0 Å². The molecule has 0 aromatic heterocycles. The lowest BCUT2D eigenvalue weighted by Crippen LogP contribution is -2.40. The molecule has 2 aromatic carbocycles. The molecule has 1 amide bonds. The summed E-state index contributed by atoms with van der Waals surface area (Å²) in [7, 11) is 0. The minimum atomic E-state index is -1.50. The van der Waals surface area contributed by atoms with Crippen LogP contribution in [0.15, 0.2) is 36.4 Å². The Morgan fingerprint density at radius 3 is 2.32 bits per heavy atom. The molecular weight excluding hydrogens is 331 g/mol. The lowest BCUT2D eigenvalue weighted by molar-refractivity contribution is 0.0620. The summed E-state index contributed by atoms with van der Waals surface area (Å²) in [6.07, 6.45) is 1.75. The van der Waals surface area contributed by atoms with E-state index >= 15 is 0 Å². The topological polar surface area (TPSA) is 40.5 Å². The molecule has 0 saturated carbocycles. The van der Waals surface area contributed by atoms with Gasteiger partial charge in [0.15, 0.2) is 17.5 Å². The van der Waals surface area contributed by atoms with Crippen LogP contribution >= 0.6 is 0 Å². The van der Waals surface area contributed by atoms with E-state index in [1.807, 2.05) is 0 Å². The molecule has 6 heteroatoms. The van der Waals surface area contributed by atoms with Crippen LogP contribution in [-0.4, -0.2) is 35.6 Å². The summed E-state index contributed by atoms with van der Waals surface area (Å²) in [5.41, 5.74) is 1.15. The lowest BCUT2D eigenvalue weighted by atomic mass is 9.98. The molecule has 0 radical (unpaired) electrons. The number of halogens is 3. The van der Waals surface area contributed by atoms with Gasteiger partial charge >= 0.3 is 0 Å². The first-order valence-electron chi connectivity index (χ1n) is 8.14. The van der Waals surface area contributed by atoms with Gasteiger partial charge in [0, 0.05) is 25.3 Å². The highest BCUT2D eigenvalue weighted by Gasteiger charge is 2.24. The van der Waals surface area contributed by atoms with E-state index in [0.29, 0.717) is 24.2 Å². The molecule has 1 atom stereocenters. The number of amides is 1. The van der Waals surface area contributed by atoms with Crippen molar-refractivity contribution >= 4 is 5.91 Å². The predicted molar refractivity (Wildman–Crippen MR) is 87.5 cm³/mol. The molecule has 1 heterocycles. The summed E-state index contributed by atoms with van der Waals surface area (Å²) >= 11 is 0. The summed E-state index contributed by atoms with van der Waals surface area (Å²) in [6.45, 7) is 1.22. The number of benzene rings is 2. The first-order valence-corrected chi connectivity index (χ1v) is 8.14. The number of aliphatic hydroxyl groups is 1. The third kappa shape index (κ3) is 3.69. The van der Waals surface area contributed by atoms with E-state index in [0.717, 1.165) is 25.0 Å². The molecule has 1 aliphatic heterocycles. The van der Waals surface area contributed by atoms with Gasteiger partial charge in [-0.05, 0) is 54.2 Å². The van der Waals surface area contributed by atoms with Crippen LogP contribution in [0.25, 0.3) is 11.1 Å². The van der Waals surface area contributed by atoms with E-state index in [1.54, 1.807) is 29.2 Å². The van der Waals surface area contributed by atoms with E-state index < -0.39 is 17.5 Å². The standard InChI is InChI=1S/C19H18F3NO2/c20-16-8-15(9-17(21)18(16)22)13-3-5-14(6-4-13)19(25)23-7-1-2-12(10-23)11-24/h3-6,8-9,12,24H,1-2,7,10-11H2. The van der Waals surface area contributed by atoms with E-state index in [2.05, 4.69) is 0 Å². The molecule has 1 N–H and O–H groups in total. The highest BCUT2D eigenvalue weighted by molar-refractivity contribution is 5.94. The molecule has 1 fully saturated rings. The van der Waals surface area contributed by atoms with Crippen LogP contribution in [0.3, 0.4) is 0 Å². The smallest absolute Gasteiger partial charge is 0.253 e. The molecule has 1 unspecified atom stereocenters. The van der Waals surface area contributed by atoms with Crippen LogP contribution in [0.5, 0.6) is 0 Å². The summed E-state index contributed by atoms with van der Waals surface area (Å²) in [5, 5.41) is 9.26. The summed E-state index contributed by atoms with van der Waals surface area (Å²) in [5.74, 6) is -4.04. The molecule has 1 aliphatic rings. The molecule has 132 valence electrons. The van der Waals surface area contributed by atoms with Gasteiger partial charge in [0.25, 0.3) is 5.91 Å². The van der Waals surface area contributed by atoms with Crippen molar-refractivity contribution in [2.45, 2.75) is 12.8 Å². The third-order valence-corrected chi connectivity index (χ3v) is 4.51. The second-order valence-electron chi connectivity index (χ2n) is 6.27. The van der Waals surface area contributed by atoms with Crippen LogP contribution in [0, 0.1) is 23.4 Å². The average molecular weight is 349 g/mol. The van der Waals surface area contributed by atoms with Crippen LogP contribution in [0.4, 0.5) is 13.2 Å². The molecule has 3 rings (SSSR count). The normalized spacial score (nSPS) is 17.6. The van der Waals surface area contributed by atoms with Gasteiger partial charge in [0.05, 0.1) is 0 Å². The number of hydrogen-bond donors (Lipinski definition) is 1. The lowest BCUT2D eigenvalue weighted by Gasteiger charge is -2.32. The maximum Gasteiger partial charge on any atom is 0.253 e. The van der Waals surface area contributed by atoms with Crippen molar-refractivity contribution in [3.63, 3.8) is 0 Å². The Morgan fingerprint density at radius 2 is 1.72 bits per heavy atom. The molecule has 0 bridgehead atoms. The summed E-state index contributed by atoms with van der Waals surface area (Å²) in [4.78, 5) is 14.2. The van der Waals surface area contributed by atoms with Crippen molar-refractivity contribution in [3.8, 4) is 11.1 Å². The zero-order valence-electron chi connectivity index (χ0n) is 13.5. The molecule has 0 spiro atoms. The van der Waals surface area contributed by atoms with Gasteiger partial charge in [-0.3, -0.25) is 4.79 Å². The first-order chi connectivity index (χ1) is 12.0. The fourth-order valence-electron chi connectivity index (χ4n) is 3.11. The van der Waals surface area contributed by atoms with E-state index in [4.69, 9.17) is 0 Å². The second-order valence-corrected chi connectivity index (χ2v) is 6.27. The van der Waals surface area contributed by atoms with E-state index in [-0.39, 0.29) is 24.0 Å². The first kappa shape index (κ1) is 17.5. The average Bonchev–Trinajstić information content (AvgIpc) is 2.65. The van der Waals surface area contributed by atoms with Gasteiger partial charge in [0.1, 0.15) is 0 Å². The maximum atomic E-state index is 13.4. The number of hydrogen-bond acceptors (Lipinski definition) is 2. The van der Waals surface area contributed by atoms with Gasteiger partial charge in [0.2, 0.25) is 0 Å². The monoisotopic (exact) mass is 349 g/mol. The van der Waals surface area contributed by atoms with Crippen molar-refractivity contribution in [3.05, 3.63) is 59.4 Å². The van der Waals surface area contributed by atoms with Gasteiger partial charge in [-0.15, -0.1) is 0 Å². The highest BCUT2D eigenvalue weighted by atomic mass is 19.2. The van der Waals surface area contributed by atoms with Gasteiger partial charge in [-0.25, -0.2) is 13.2 Å². The number of piperidine rings is 1. The Bertz CT molecular complexity index is 754. The number of aliphatic hydroxyl groups excluding tert-OH is 1. The third-order valence-electron chi connectivity index (χ3n) is 4.51. The summed E-state index contributed by atoms with van der Waals surface area (Å²) in [6, 6.07) is 8.16. The van der Waals surface area contributed by atoms with E-state index in [1.165, 1.54) is 0 Å². The Labute approximate surface area is 143 Å². The second kappa shape index (κ2) is 7.27. The van der Waals surface area contributed by atoms with Crippen LogP contribution < -0.4 is 0 Å². The van der Waals surface area contributed by atoms with Crippen molar-refractivity contribution in [1.82, 2.24) is 4.90 Å². The van der Waals surface area contributed by atoms with Crippen molar-refractivity contribution in [1.29, 1.82) is 0 Å². The molecule has 3 nitrogen and oxygen atoms in total. The fraction of sp³-hybridized carbons (Fsp3) is 0.316.